The fourth-order valence-corrected chi connectivity index (χ4v) is 14.1. The van der Waals surface area contributed by atoms with Crippen molar-refractivity contribution in [2.24, 2.45) is 58.4 Å². The number of fused-ring (bicyclic) bond motifs is 3. The molecule has 2 aromatic carbocycles. The smallest absolute Gasteiger partial charge is 0.249 e. The van der Waals surface area contributed by atoms with Crippen molar-refractivity contribution in [3.8, 4) is 0 Å². The minimum Gasteiger partial charge on any atom is -0.371 e. The molecule has 0 radical (unpaired) electrons. The topological polar surface area (TPSA) is 492 Å². The number of amides is 13. The summed E-state index contributed by atoms with van der Waals surface area (Å²) < 4.78 is 13.0. The number of benzene rings is 2. The lowest BCUT2D eigenvalue weighted by molar-refractivity contribution is -0.164. The van der Waals surface area contributed by atoms with Gasteiger partial charge in [0.25, 0.3) is 0 Å². The van der Waals surface area contributed by atoms with E-state index in [0.717, 1.165) is 5.56 Å². The van der Waals surface area contributed by atoms with Crippen molar-refractivity contribution >= 4 is 76.8 Å². The normalized spacial score (nSPS) is 27.0. The van der Waals surface area contributed by atoms with Crippen LogP contribution in [0.1, 0.15) is 191 Å². The van der Waals surface area contributed by atoms with E-state index in [0.29, 0.717) is 12.0 Å². The third-order valence-electron chi connectivity index (χ3n) is 20.4. The Labute approximate surface area is 667 Å². The van der Waals surface area contributed by atoms with E-state index in [4.69, 9.17) is 32.4 Å². The van der Waals surface area contributed by atoms with Crippen molar-refractivity contribution in [2.75, 3.05) is 39.3 Å². The maximum absolute atomic E-state index is 15.2. The highest BCUT2D eigenvalue weighted by Crippen LogP contribution is 2.26. The molecule has 0 unspecified atom stereocenters. The Morgan fingerprint density at radius 2 is 0.735 bits per heavy atom. The molecule has 0 aromatic heterocycles. The molecule has 0 aliphatic carbocycles. The molecule has 32 heteroatoms. The highest BCUT2D eigenvalue weighted by Gasteiger charge is 2.44. The molecule has 2 aromatic rings. The van der Waals surface area contributed by atoms with Crippen LogP contribution in [0.5, 0.6) is 0 Å². The molecule has 0 spiro atoms. The van der Waals surface area contributed by atoms with Crippen LogP contribution >= 0.6 is 0 Å². The van der Waals surface area contributed by atoms with Gasteiger partial charge in [-0.15, -0.1) is 0 Å². The number of nitrogens with zero attached hydrogens (tertiary/aromatic N) is 1. The van der Waals surface area contributed by atoms with E-state index in [1.807, 2.05) is 71.9 Å². The number of nitrogens with two attached hydrogens (primary N) is 4. The van der Waals surface area contributed by atoms with E-state index in [1.54, 1.807) is 71.9 Å². The summed E-state index contributed by atoms with van der Waals surface area (Å²) in [7, 11) is 0. The monoisotopic (exact) mass is 1580 g/mol. The zero-order valence-corrected chi connectivity index (χ0v) is 68.5. The van der Waals surface area contributed by atoms with Crippen LogP contribution in [0.3, 0.4) is 0 Å². The quantitative estimate of drug-likeness (QED) is 0.0621. The highest BCUT2D eigenvalue weighted by molar-refractivity contribution is 6.00. The van der Waals surface area contributed by atoms with Gasteiger partial charge in [-0.05, 0) is 169 Å². The van der Waals surface area contributed by atoms with Gasteiger partial charge in [0.1, 0.15) is 84.7 Å². The van der Waals surface area contributed by atoms with Crippen molar-refractivity contribution in [3.63, 3.8) is 0 Å². The molecule has 3 saturated heterocycles. The standard InChI is InChI=1S/C81H133N17O15/c1-46(2)40-58-73(103)87-56(30-21-37-84)71(101)95-66(49(7)8)78(108)86-44-65-63(112-45-53-26-17-14-18-27-53)33-34-64(113-65)77(107)93-60(42-48(5)6)74(104)88-57(31-22-38-85)72(102)96-67(50(9)10)79(109)89-54(28-19-35-82)70(100)92-59(41-47(3)4)75(105)94-61(43-52-24-15-13-16-25-52)81(111)98-39-23-32-62(98)76(106)97-68(51(11)12)80(110)90-55(29-20-36-83)69(99)91-58/h13-18,24-27,46-51,54-68H,19-23,28-45,82-85H2,1-12H3,(H,86,108)(H,87,103)(H,88,104)(H,89,109)(H,90,110)(H,91,99)(H,92,100)(H,93,107)(H,94,105)(H,95,101)(H,96,102)(H,97,106)/t54-,55-,56+,57-,58-,59-,60-,61+,62-,63-,64+,65+,66-,67-,68-/m0/s1. The zero-order valence-electron chi connectivity index (χ0n) is 68.5. The summed E-state index contributed by atoms with van der Waals surface area (Å²) in [4.78, 5) is 193. The molecular formula is C81H133N17O15. The second kappa shape index (κ2) is 48.5. The lowest BCUT2D eigenvalue weighted by Crippen LogP contribution is -2.62. The average molecular weight is 1590 g/mol. The van der Waals surface area contributed by atoms with Gasteiger partial charge in [0.05, 0.1) is 12.7 Å². The summed E-state index contributed by atoms with van der Waals surface area (Å²) in [5, 5.41) is 34.0. The molecule has 632 valence electrons. The Morgan fingerprint density at radius 3 is 1.13 bits per heavy atom. The van der Waals surface area contributed by atoms with Crippen LogP contribution in [0.4, 0.5) is 0 Å². The minimum atomic E-state index is -1.31. The van der Waals surface area contributed by atoms with Crippen LogP contribution in [0.2, 0.25) is 0 Å². The van der Waals surface area contributed by atoms with E-state index >= 15 is 4.79 Å². The number of hydrogen-bond donors (Lipinski definition) is 16. The van der Waals surface area contributed by atoms with E-state index in [1.165, 1.54) is 4.90 Å². The van der Waals surface area contributed by atoms with Crippen LogP contribution in [0.15, 0.2) is 60.7 Å². The first-order chi connectivity index (χ1) is 53.7. The zero-order chi connectivity index (χ0) is 83.6. The summed E-state index contributed by atoms with van der Waals surface area (Å²) in [6.07, 6.45) is -0.671. The molecule has 32 nitrogen and oxygen atoms in total. The summed E-state index contributed by atoms with van der Waals surface area (Å²) in [6, 6.07) is 3.02. The Balaban J connectivity index is 1.59. The van der Waals surface area contributed by atoms with Crippen LogP contribution < -0.4 is 86.7 Å². The molecule has 3 fully saturated rings. The molecule has 3 heterocycles. The molecular weight excluding hydrogens is 1450 g/mol. The van der Waals surface area contributed by atoms with Gasteiger partial charge in [0, 0.05) is 19.5 Å². The van der Waals surface area contributed by atoms with Gasteiger partial charge in [0.2, 0.25) is 76.8 Å². The molecule has 2 bridgehead atoms. The van der Waals surface area contributed by atoms with E-state index in [-0.39, 0.29) is 160 Å². The van der Waals surface area contributed by atoms with E-state index in [2.05, 4.69) is 63.8 Å². The van der Waals surface area contributed by atoms with Crippen LogP contribution in [0.25, 0.3) is 0 Å². The van der Waals surface area contributed by atoms with Crippen LogP contribution in [-0.2, 0) is 84.8 Å². The van der Waals surface area contributed by atoms with Crippen molar-refractivity contribution in [1.82, 2.24) is 68.7 Å². The SMILES string of the molecule is CC(C)C[C@@H]1NC(=O)[C@H](CCCN)NC(=O)[C@H](C(C)C)NC(=O)[C@@H]2CCCN2C(=O)[C@@H](Cc2ccccc2)NC(=O)[C@H](CC(C)C)NC(=O)[C@H](CCCN)NC(=O)[C@H](C(C)C)NC(=O)[C@H](CCCN)NC(=O)[C@H](CC(C)C)NC(=O)[C@H]2CC[C@H](OCc3ccccc3)[C@@H](CNC(=O)[C@H](C(C)C)NC(=O)[C@@H](CCCN)NC1=O)O2. The Morgan fingerprint density at radius 1 is 0.389 bits per heavy atom. The molecule has 15 atom stereocenters. The predicted molar refractivity (Wildman–Crippen MR) is 428 cm³/mol. The third-order valence-corrected chi connectivity index (χ3v) is 20.4. The van der Waals surface area contributed by atoms with Gasteiger partial charge in [-0.25, -0.2) is 0 Å². The minimum absolute atomic E-state index is 0.000799. The molecule has 5 rings (SSSR count). The van der Waals surface area contributed by atoms with Crippen LogP contribution in [0, 0.1) is 35.5 Å². The molecule has 113 heavy (non-hydrogen) atoms. The number of hydrogen-bond acceptors (Lipinski definition) is 19. The van der Waals surface area contributed by atoms with Crippen molar-refractivity contribution in [2.45, 2.75) is 283 Å². The lowest BCUT2D eigenvalue weighted by Gasteiger charge is -2.37. The summed E-state index contributed by atoms with van der Waals surface area (Å²) in [6.45, 7) is 21.7. The highest BCUT2D eigenvalue weighted by atomic mass is 16.6. The largest absolute Gasteiger partial charge is 0.371 e. The maximum Gasteiger partial charge on any atom is 0.249 e. The summed E-state index contributed by atoms with van der Waals surface area (Å²) in [5.74, 6) is -11.7. The van der Waals surface area contributed by atoms with Crippen molar-refractivity contribution in [1.29, 1.82) is 0 Å². The lowest BCUT2D eigenvalue weighted by atomic mass is 9.97. The summed E-state index contributed by atoms with van der Waals surface area (Å²) in [5.41, 5.74) is 25.5. The molecule has 20 N–H and O–H groups in total. The molecule has 13 amide bonds. The number of carbonyl (C=O) groups excluding carboxylic acids is 13. The first-order valence-corrected chi connectivity index (χ1v) is 40.8. The number of rotatable bonds is 26. The first-order valence-electron chi connectivity index (χ1n) is 40.8. The Kier molecular flexibility index (Phi) is 40.7. The van der Waals surface area contributed by atoms with Gasteiger partial charge in [0.15, 0.2) is 0 Å². The average Bonchev–Trinajstić information content (AvgIpc) is 1.80. The molecule has 3 aliphatic rings. The van der Waals surface area contributed by atoms with Gasteiger partial charge in [-0.1, -0.05) is 144 Å². The molecule has 0 saturated carbocycles. The third kappa shape index (κ3) is 31.2. The Hall–Kier alpha value is -8.69. The fraction of sp³-hybridized carbons (Fsp3) is 0.691. The van der Waals surface area contributed by atoms with Crippen molar-refractivity contribution in [3.05, 3.63) is 71.8 Å². The van der Waals surface area contributed by atoms with Gasteiger partial charge in [-0.2, -0.15) is 0 Å². The van der Waals surface area contributed by atoms with Gasteiger partial charge < -0.3 is 101 Å². The number of carbonyl (C=O) groups is 13. The second-order valence-corrected chi connectivity index (χ2v) is 32.5. The van der Waals surface area contributed by atoms with Crippen molar-refractivity contribution < 1.29 is 71.8 Å². The van der Waals surface area contributed by atoms with E-state index < -0.39 is 185 Å². The first kappa shape index (κ1) is 94.9. The second-order valence-electron chi connectivity index (χ2n) is 32.5. The number of nitrogens with one attached hydrogen (secondary N) is 12. The fourth-order valence-electron chi connectivity index (χ4n) is 14.1. The van der Waals surface area contributed by atoms with Crippen LogP contribution in [-0.4, -0.2) is 212 Å². The van der Waals surface area contributed by atoms with Gasteiger partial charge in [-0.3, -0.25) is 62.3 Å². The number of ether oxygens (including phenoxy) is 2. The Bertz CT molecular complexity index is 3400. The van der Waals surface area contributed by atoms with Gasteiger partial charge >= 0.3 is 0 Å². The maximum atomic E-state index is 15.2. The van der Waals surface area contributed by atoms with E-state index in [9.17, 15) is 57.5 Å². The predicted octanol–water partition coefficient (Wildman–Crippen LogP) is 0.878. The molecule has 3 aliphatic heterocycles. The summed E-state index contributed by atoms with van der Waals surface area (Å²) >= 11 is 0.